The number of hydrogen-bond acceptors (Lipinski definition) is 4. The van der Waals surface area contributed by atoms with E-state index in [1.54, 1.807) is 12.0 Å². The monoisotopic (exact) mass is 427 g/mol. The number of nitrogens with one attached hydrogen (secondary N) is 1. The number of halogens is 1. The number of β-amino-alcohol motifs (C(OH)–C–C–N with tert-alkyl or cyclic N) is 1. The average Bonchev–Trinajstić information content (AvgIpc) is 2.59. The molecule has 1 unspecified atom stereocenters. The molecule has 1 atom stereocenters. The molecule has 1 heterocycles. The molecule has 0 spiro atoms. The third-order valence-corrected chi connectivity index (χ3v) is 5.50. The third kappa shape index (κ3) is 6.23. The number of benzene rings is 1. The number of aliphatic hydroxyl groups excluding tert-OH is 1. The third-order valence-electron chi connectivity index (χ3n) is 4.76. The molecule has 1 aromatic carbocycles. The second-order valence-electron chi connectivity index (χ2n) is 7.10. The van der Waals surface area contributed by atoms with Crippen LogP contribution in [-0.4, -0.2) is 67.4 Å². The first-order valence-electron chi connectivity index (χ1n) is 9.09. The van der Waals surface area contributed by atoms with Crippen molar-refractivity contribution in [3.8, 4) is 0 Å². The van der Waals surface area contributed by atoms with E-state index in [0.717, 1.165) is 54.7 Å². The molecular weight excluding hydrogens is 398 g/mol. The van der Waals surface area contributed by atoms with Gasteiger partial charge in [-0.05, 0) is 50.9 Å². The maximum absolute atomic E-state index is 12.6. The number of piperidine rings is 1. The largest absolute Gasteiger partial charge is 0.392 e. The van der Waals surface area contributed by atoms with Crippen LogP contribution in [0.15, 0.2) is 22.7 Å². The predicted octanol–water partition coefficient (Wildman–Crippen LogP) is 3.15. The molecule has 1 aromatic rings. The molecule has 1 saturated heterocycles. The summed E-state index contributed by atoms with van der Waals surface area (Å²) in [6, 6.07) is 5.62. The number of urea groups is 1. The summed E-state index contributed by atoms with van der Waals surface area (Å²) in [5.74, 6) is 0.497. The Bertz CT molecular complexity index is 589. The van der Waals surface area contributed by atoms with Gasteiger partial charge < -0.3 is 25.0 Å². The molecule has 6 nitrogen and oxygen atoms in total. The highest BCUT2D eigenvalue weighted by molar-refractivity contribution is 9.10. The molecule has 1 aliphatic heterocycles. The van der Waals surface area contributed by atoms with E-state index in [0.29, 0.717) is 12.5 Å². The van der Waals surface area contributed by atoms with Gasteiger partial charge in [-0.3, -0.25) is 0 Å². The number of amides is 2. The highest BCUT2D eigenvalue weighted by Crippen LogP contribution is 2.26. The van der Waals surface area contributed by atoms with E-state index in [-0.39, 0.29) is 12.1 Å². The fraction of sp³-hybridized carbons (Fsp3) is 0.632. The van der Waals surface area contributed by atoms with Crippen molar-refractivity contribution < 1.29 is 14.6 Å². The van der Waals surface area contributed by atoms with Gasteiger partial charge in [0.2, 0.25) is 0 Å². The Morgan fingerprint density at radius 3 is 2.77 bits per heavy atom. The van der Waals surface area contributed by atoms with E-state index >= 15 is 0 Å². The molecule has 146 valence electrons. The Morgan fingerprint density at radius 1 is 1.46 bits per heavy atom. The number of aliphatic hydroxyl groups is 1. The quantitative estimate of drug-likeness (QED) is 0.701. The van der Waals surface area contributed by atoms with E-state index in [1.165, 1.54) is 0 Å². The first-order valence-corrected chi connectivity index (χ1v) is 9.88. The van der Waals surface area contributed by atoms with Gasteiger partial charge in [-0.25, -0.2) is 4.79 Å². The molecule has 0 saturated carbocycles. The van der Waals surface area contributed by atoms with Crippen LogP contribution in [0.2, 0.25) is 0 Å². The number of ether oxygens (including phenoxy) is 1. The van der Waals surface area contributed by atoms with Crippen molar-refractivity contribution in [1.82, 2.24) is 9.80 Å². The first kappa shape index (κ1) is 21.2. The number of anilines is 1. The van der Waals surface area contributed by atoms with E-state index in [2.05, 4.69) is 26.1 Å². The van der Waals surface area contributed by atoms with Crippen LogP contribution in [-0.2, 0) is 11.3 Å². The summed E-state index contributed by atoms with van der Waals surface area (Å²) in [5.41, 5.74) is 1.70. The number of methoxy groups -OCH3 is 1. The zero-order valence-electron chi connectivity index (χ0n) is 15.9. The van der Waals surface area contributed by atoms with Crippen molar-refractivity contribution >= 4 is 27.6 Å². The fourth-order valence-corrected chi connectivity index (χ4v) is 3.85. The molecule has 26 heavy (non-hydrogen) atoms. The van der Waals surface area contributed by atoms with Crippen molar-refractivity contribution in [2.75, 3.05) is 45.7 Å². The van der Waals surface area contributed by atoms with Crippen LogP contribution in [0.5, 0.6) is 0 Å². The zero-order valence-corrected chi connectivity index (χ0v) is 17.5. The van der Waals surface area contributed by atoms with E-state index in [1.807, 2.05) is 32.2 Å². The van der Waals surface area contributed by atoms with Crippen molar-refractivity contribution in [3.05, 3.63) is 28.2 Å². The molecule has 1 aliphatic rings. The van der Waals surface area contributed by atoms with Crippen molar-refractivity contribution in [2.45, 2.75) is 32.5 Å². The molecule has 0 aromatic heterocycles. The smallest absolute Gasteiger partial charge is 0.321 e. The molecule has 0 bridgehead atoms. The second kappa shape index (κ2) is 10.3. The molecule has 7 heteroatoms. The van der Waals surface area contributed by atoms with Crippen LogP contribution in [0.1, 0.15) is 25.3 Å². The van der Waals surface area contributed by atoms with Crippen molar-refractivity contribution in [1.29, 1.82) is 0 Å². The lowest BCUT2D eigenvalue weighted by atomic mass is 9.96. The Kier molecular flexibility index (Phi) is 8.34. The minimum atomic E-state index is -0.286. The van der Waals surface area contributed by atoms with Gasteiger partial charge in [-0.1, -0.05) is 22.0 Å². The Hall–Kier alpha value is -1.15. The predicted molar refractivity (Wildman–Crippen MR) is 107 cm³/mol. The normalized spacial score (nSPS) is 17.1. The standard InChI is InChI=1S/C19H30BrN3O3/c1-14(24)11-23-9-7-15(8-10-23)12-22(2)19(25)21-18-6-4-5-17(20)16(18)13-26-3/h4-6,14-15,24H,7-13H2,1-3H3,(H,21,25). The van der Waals surface area contributed by atoms with Gasteiger partial charge in [0.25, 0.3) is 0 Å². The van der Waals surface area contributed by atoms with Gasteiger partial charge >= 0.3 is 6.03 Å². The Labute approximate surface area is 164 Å². The number of nitrogens with zero attached hydrogens (tertiary/aromatic N) is 2. The number of carbonyl (C=O) groups is 1. The minimum Gasteiger partial charge on any atom is -0.392 e. The van der Waals surface area contributed by atoms with Crippen LogP contribution in [0, 0.1) is 5.92 Å². The first-order chi connectivity index (χ1) is 12.4. The Balaban J connectivity index is 1.86. The maximum Gasteiger partial charge on any atom is 0.321 e. The van der Waals surface area contributed by atoms with Gasteiger partial charge in [-0.15, -0.1) is 0 Å². The SMILES string of the molecule is COCc1c(Br)cccc1NC(=O)N(C)CC1CCN(CC(C)O)CC1. The fourth-order valence-electron chi connectivity index (χ4n) is 3.37. The summed E-state index contributed by atoms with van der Waals surface area (Å²) in [6.45, 7) is 5.69. The van der Waals surface area contributed by atoms with Crippen LogP contribution in [0.4, 0.5) is 10.5 Å². The summed E-state index contributed by atoms with van der Waals surface area (Å²) >= 11 is 3.51. The molecular formula is C19H30BrN3O3. The lowest BCUT2D eigenvalue weighted by Crippen LogP contribution is -2.42. The van der Waals surface area contributed by atoms with Crippen LogP contribution >= 0.6 is 15.9 Å². The highest BCUT2D eigenvalue weighted by atomic mass is 79.9. The summed E-state index contributed by atoms with van der Waals surface area (Å²) in [5, 5.41) is 12.5. The number of likely N-dealkylation sites (tertiary alicyclic amines) is 1. The summed E-state index contributed by atoms with van der Waals surface area (Å²) in [6.07, 6.45) is 1.82. The number of rotatable bonds is 7. The molecule has 2 N–H and O–H groups in total. The summed E-state index contributed by atoms with van der Waals surface area (Å²) in [7, 11) is 3.48. The topological polar surface area (TPSA) is 65.0 Å². The zero-order chi connectivity index (χ0) is 19.1. The molecule has 1 fully saturated rings. The van der Waals surface area contributed by atoms with E-state index in [9.17, 15) is 9.90 Å². The number of carbonyl (C=O) groups excluding carboxylic acids is 1. The molecule has 2 rings (SSSR count). The molecule has 2 amide bonds. The van der Waals surface area contributed by atoms with Gasteiger partial charge in [-0.2, -0.15) is 0 Å². The highest BCUT2D eigenvalue weighted by Gasteiger charge is 2.23. The molecule has 0 radical (unpaired) electrons. The maximum atomic E-state index is 12.6. The van der Waals surface area contributed by atoms with Crippen molar-refractivity contribution in [3.63, 3.8) is 0 Å². The average molecular weight is 428 g/mol. The summed E-state index contributed by atoms with van der Waals surface area (Å²) < 4.78 is 6.15. The van der Waals surface area contributed by atoms with Gasteiger partial charge in [0, 0.05) is 43.0 Å². The van der Waals surface area contributed by atoms with Crippen LogP contribution in [0.25, 0.3) is 0 Å². The minimum absolute atomic E-state index is 0.105. The van der Waals surface area contributed by atoms with Crippen LogP contribution < -0.4 is 5.32 Å². The molecule has 0 aliphatic carbocycles. The number of hydrogen-bond donors (Lipinski definition) is 2. The van der Waals surface area contributed by atoms with E-state index in [4.69, 9.17) is 4.74 Å². The van der Waals surface area contributed by atoms with Gasteiger partial charge in [0.05, 0.1) is 12.7 Å². The van der Waals surface area contributed by atoms with Crippen molar-refractivity contribution in [2.24, 2.45) is 5.92 Å². The lowest BCUT2D eigenvalue weighted by Gasteiger charge is -2.34. The van der Waals surface area contributed by atoms with E-state index < -0.39 is 0 Å². The summed E-state index contributed by atoms with van der Waals surface area (Å²) in [4.78, 5) is 16.6. The van der Waals surface area contributed by atoms with Crippen LogP contribution in [0.3, 0.4) is 0 Å². The Morgan fingerprint density at radius 2 is 2.15 bits per heavy atom. The van der Waals surface area contributed by atoms with Gasteiger partial charge in [0.1, 0.15) is 0 Å². The van der Waals surface area contributed by atoms with Gasteiger partial charge in [0.15, 0.2) is 0 Å². The second-order valence-corrected chi connectivity index (χ2v) is 7.96. The lowest BCUT2D eigenvalue weighted by molar-refractivity contribution is 0.0951.